The minimum Gasteiger partial charge on any atom is -0.394 e. The van der Waals surface area contributed by atoms with Crippen molar-refractivity contribution in [1.82, 2.24) is 14.7 Å². The summed E-state index contributed by atoms with van der Waals surface area (Å²) in [6.45, 7) is 1.99. The van der Waals surface area contributed by atoms with Crippen LogP contribution in [0.3, 0.4) is 0 Å². The molecule has 0 unspecified atom stereocenters. The van der Waals surface area contributed by atoms with Gasteiger partial charge in [0.1, 0.15) is 5.82 Å². The van der Waals surface area contributed by atoms with E-state index in [1.807, 2.05) is 0 Å². The van der Waals surface area contributed by atoms with Gasteiger partial charge in [0.25, 0.3) is 0 Å². The van der Waals surface area contributed by atoms with E-state index in [0.29, 0.717) is 11.5 Å². The number of rotatable bonds is 6. The average Bonchev–Trinajstić information content (AvgIpc) is 2.48. The van der Waals surface area contributed by atoms with Crippen LogP contribution >= 0.6 is 0 Å². The summed E-state index contributed by atoms with van der Waals surface area (Å²) >= 11 is 0. The monoisotopic (exact) mass is 211 g/mol. The zero-order valence-electron chi connectivity index (χ0n) is 9.61. The molecule has 1 heterocycles. The van der Waals surface area contributed by atoms with Gasteiger partial charge in [0, 0.05) is 6.54 Å². The third-order valence-corrected chi connectivity index (χ3v) is 2.39. The van der Waals surface area contributed by atoms with Crippen LogP contribution < -0.4 is 11.5 Å². The largest absolute Gasteiger partial charge is 0.394 e. The maximum atomic E-state index is 5.73. The van der Waals surface area contributed by atoms with Crippen LogP contribution in [0, 0.1) is 0 Å². The second-order valence-corrected chi connectivity index (χ2v) is 4.07. The van der Waals surface area contributed by atoms with Gasteiger partial charge >= 0.3 is 0 Å². The fourth-order valence-electron chi connectivity index (χ4n) is 1.45. The lowest BCUT2D eigenvalue weighted by atomic mass is 10.2. The average molecular weight is 211 g/mol. The second-order valence-electron chi connectivity index (χ2n) is 4.07. The first-order valence-electron chi connectivity index (χ1n) is 5.32. The van der Waals surface area contributed by atoms with Gasteiger partial charge in [-0.1, -0.05) is 6.42 Å². The summed E-state index contributed by atoms with van der Waals surface area (Å²) in [6.07, 6.45) is 5.11. The molecule has 86 valence electrons. The lowest BCUT2D eigenvalue weighted by Crippen LogP contribution is -2.13. The van der Waals surface area contributed by atoms with Crippen molar-refractivity contribution in [1.29, 1.82) is 0 Å². The normalized spacial score (nSPS) is 11.1. The van der Waals surface area contributed by atoms with Gasteiger partial charge < -0.3 is 16.4 Å². The number of hydrogen-bond acceptors (Lipinski definition) is 4. The van der Waals surface area contributed by atoms with Crippen LogP contribution in [0.2, 0.25) is 0 Å². The van der Waals surface area contributed by atoms with Crippen molar-refractivity contribution in [2.75, 3.05) is 32.1 Å². The van der Waals surface area contributed by atoms with Crippen molar-refractivity contribution in [2.24, 2.45) is 0 Å². The molecule has 0 bridgehead atoms. The number of nitrogens with two attached hydrogens (primary N) is 2. The van der Waals surface area contributed by atoms with Gasteiger partial charge in [0.05, 0.1) is 11.9 Å². The van der Waals surface area contributed by atoms with E-state index in [1.54, 1.807) is 10.9 Å². The van der Waals surface area contributed by atoms with E-state index in [1.165, 1.54) is 12.8 Å². The van der Waals surface area contributed by atoms with Crippen LogP contribution in [0.25, 0.3) is 0 Å². The molecule has 15 heavy (non-hydrogen) atoms. The molecule has 0 saturated heterocycles. The van der Waals surface area contributed by atoms with Gasteiger partial charge in [-0.15, -0.1) is 0 Å². The molecular weight excluding hydrogens is 190 g/mol. The highest BCUT2D eigenvalue weighted by Crippen LogP contribution is 2.13. The van der Waals surface area contributed by atoms with Crippen LogP contribution in [0.15, 0.2) is 6.20 Å². The number of hydrogen-bond donors (Lipinski definition) is 2. The molecule has 4 N–H and O–H groups in total. The first-order chi connectivity index (χ1) is 7.11. The summed E-state index contributed by atoms with van der Waals surface area (Å²) in [6, 6.07) is 0. The Balaban J connectivity index is 2.18. The van der Waals surface area contributed by atoms with Crippen molar-refractivity contribution >= 4 is 11.5 Å². The van der Waals surface area contributed by atoms with Gasteiger partial charge in [0.2, 0.25) is 0 Å². The molecule has 1 rings (SSSR count). The summed E-state index contributed by atoms with van der Waals surface area (Å²) in [5.41, 5.74) is 11.9. The third kappa shape index (κ3) is 3.79. The smallest absolute Gasteiger partial charge is 0.145 e. The summed E-state index contributed by atoms with van der Waals surface area (Å²) in [5.74, 6) is 0.586. The van der Waals surface area contributed by atoms with Crippen molar-refractivity contribution in [3.05, 3.63) is 6.20 Å². The molecule has 0 fully saturated rings. The SMILES string of the molecule is CN(C)CCCCCn1ncc(N)c1N. The highest BCUT2D eigenvalue weighted by Gasteiger charge is 2.02. The fraction of sp³-hybridized carbons (Fsp3) is 0.700. The van der Waals surface area contributed by atoms with Crippen molar-refractivity contribution < 1.29 is 0 Å². The Hall–Kier alpha value is -1.23. The quantitative estimate of drug-likeness (QED) is 0.682. The molecule has 1 aromatic heterocycles. The van der Waals surface area contributed by atoms with E-state index < -0.39 is 0 Å². The maximum absolute atomic E-state index is 5.73. The van der Waals surface area contributed by atoms with Crippen molar-refractivity contribution in [3.63, 3.8) is 0 Å². The zero-order valence-corrected chi connectivity index (χ0v) is 9.61. The Bertz CT molecular complexity index is 292. The lowest BCUT2D eigenvalue weighted by Gasteiger charge is -2.09. The minimum atomic E-state index is 0.572. The Kier molecular flexibility index (Phi) is 4.42. The highest BCUT2D eigenvalue weighted by atomic mass is 15.3. The fourth-order valence-corrected chi connectivity index (χ4v) is 1.45. The first-order valence-corrected chi connectivity index (χ1v) is 5.32. The van der Waals surface area contributed by atoms with E-state index in [9.17, 15) is 0 Å². The number of nitrogen functional groups attached to an aromatic ring is 2. The summed E-state index contributed by atoms with van der Waals surface area (Å²) in [5, 5.41) is 4.10. The van der Waals surface area contributed by atoms with Crippen LogP contribution in [0.1, 0.15) is 19.3 Å². The Labute approximate surface area is 91.0 Å². The van der Waals surface area contributed by atoms with E-state index in [-0.39, 0.29) is 0 Å². The molecule has 0 amide bonds. The van der Waals surface area contributed by atoms with Crippen LogP contribution in [0.4, 0.5) is 11.5 Å². The summed E-state index contributed by atoms with van der Waals surface area (Å²) in [4.78, 5) is 2.19. The number of aromatic nitrogens is 2. The molecule has 0 atom stereocenters. The van der Waals surface area contributed by atoms with Gasteiger partial charge in [-0.3, -0.25) is 0 Å². The molecule has 0 aromatic carbocycles. The summed E-state index contributed by atoms with van der Waals surface area (Å²) in [7, 11) is 4.18. The van der Waals surface area contributed by atoms with Gasteiger partial charge in [0.15, 0.2) is 0 Å². The topological polar surface area (TPSA) is 73.1 Å². The molecule has 1 aromatic rings. The zero-order chi connectivity index (χ0) is 11.3. The maximum Gasteiger partial charge on any atom is 0.145 e. The molecule has 5 heteroatoms. The van der Waals surface area contributed by atoms with E-state index in [4.69, 9.17) is 11.5 Å². The second kappa shape index (κ2) is 5.60. The number of aryl methyl sites for hydroxylation is 1. The van der Waals surface area contributed by atoms with Gasteiger partial charge in [-0.05, 0) is 33.5 Å². The molecule has 0 aliphatic heterocycles. The van der Waals surface area contributed by atoms with Gasteiger partial charge in [-0.2, -0.15) is 5.10 Å². The summed E-state index contributed by atoms with van der Waals surface area (Å²) < 4.78 is 1.77. The van der Waals surface area contributed by atoms with Gasteiger partial charge in [-0.25, -0.2) is 4.68 Å². The van der Waals surface area contributed by atoms with Crippen molar-refractivity contribution in [2.45, 2.75) is 25.8 Å². The van der Waals surface area contributed by atoms with Crippen LogP contribution in [-0.4, -0.2) is 35.3 Å². The van der Waals surface area contributed by atoms with Crippen LogP contribution in [0.5, 0.6) is 0 Å². The predicted molar refractivity (Wildman–Crippen MR) is 63.5 cm³/mol. The van der Waals surface area contributed by atoms with E-state index in [0.717, 1.165) is 19.5 Å². The number of anilines is 2. The standard InChI is InChI=1S/C10H21N5/c1-14(2)6-4-3-5-7-15-10(12)9(11)8-13-15/h8H,3-7,11-12H2,1-2H3. The number of unbranched alkanes of at least 4 members (excludes halogenated alkanes) is 2. The molecule has 0 radical (unpaired) electrons. The molecule has 0 aliphatic carbocycles. The molecule has 0 saturated carbocycles. The lowest BCUT2D eigenvalue weighted by molar-refractivity contribution is 0.387. The Morgan fingerprint density at radius 1 is 1.27 bits per heavy atom. The van der Waals surface area contributed by atoms with E-state index in [2.05, 4.69) is 24.1 Å². The molecular formula is C10H21N5. The third-order valence-electron chi connectivity index (χ3n) is 2.39. The number of nitrogens with zero attached hydrogens (tertiary/aromatic N) is 3. The predicted octanol–water partition coefficient (Wildman–Crippen LogP) is 0.779. The highest BCUT2D eigenvalue weighted by molar-refractivity contribution is 5.56. The molecule has 5 nitrogen and oxygen atoms in total. The molecule has 0 spiro atoms. The Morgan fingerprint density at radius 3 is 2.53 bits per heavy atom. The minimum absolute atomic E-state index is 0.572. The molecule has 0 aliphatic rings. The van der Waals surface area contributed by atoms with Crippen molar-refractivity contribution in [3.8, 4) is 0 Å². The first kappa shape index (κ1) is 11.8. The van der Waals surface area contributed by atoms with Crippen LogP contribution in [-0.2, 0) is 6.54 Å². The Morgan fingerprint density at radius 2 is 2.00 bits per heavy atom. The van der Waals surface area contributed by atoms with E-state index >= 15 is 0 Å².